The van der Waals surface area contributed by atoms with Gasteiger partial charge in [-0.25, -0.2) is 9.38 Å². The molecular weight excluding hydrogens is 303 g/mol. The molecule has 1 N–H and O–H groups in total. The Hall–Kier alpha value is -3.27. The molecule has 0 bridgehead atoms. The van der Waals surface area contributed by atoms with Gasteiger partial charge in [0.05, 0.1) is 5.69 Å². The lowest BCUT2D eigenvalue weighted by atomic mass is 10.1. The van der Waals surface area contributed by atoms with E-state index in [1.807, 2.05) is 36.4 Å². The van der Waals surface area contributed by atoms with Gasteiger partial charge < -0.3 is 5.32 Å². The van der Waals surface area contributed by atoms with Crippen LogP contribution in [0.5, 0.6) is 0 Å². The third-order valence-electron chi connectivity index (χ3n) is 3.38. The van der Waals surface area contributed by atoms with Crippen molar-refractivity contribution in [3.05, 3.63) is 102 Å². The van der Waals surface area contributed by atoms with Crippen molar-refractivity contribution in [1.29, 1.82) is 0 Å². The smallest absolute Gasteiger partial charge is 0.256 e. The summed E-state index contributed by atoms with van der Waals surface area (Å²) in [6.07, 6.45) is 0. The van der Waals surface area contributed by atoms with Gasteiger partial charge in [-0.1, -0.05) is 48.5 Å². The summed E-state index contributed by atoms with van der Waals surface area (Å²) in [5.74, 6) is -0.167. The Morgan fingerprint density at radius 2 is 1.29 bits per heavy atom. The first-order valence-electron chi connectivity index (χ1n) is 7.48. The average molecular weight is 318 g/mol. The third-order valence-corrected chi connectivity index (χ3v) is 3.38. The van der Waals surface area contributed by atoms with Gasteiger partial charge in [-0.05, 0) is 36.4 Å². The molecule has 3 aromatic carbocycles. The third kappa shape index (κ3) is 3.93. The highest BCUT2D eigenvalue weighted by molar-refractivity contribution is 6.13. The highest BCUT2D eigenvalue weighted by atomic mass is 19.1. The molecule has 0 radical (unpaired) electrons. The molecule has 0 fully saturated rings. The molecule has 0 unspecified atom stereocenters. The van der Waals surface area contributed by atoms with E-state index in [1.54, 1.807) is 36.4 Å². The number of carbonyl (C=O) groups excluding carboxylic acids is 1. The second kappa shape index (κ2) is 7.33. The quantitative estimate of drug-likeness (QED) is 0.566. The van der Waals surface area contributed by atoms with Crippen LogP contribution in [0.3, 0.4) is 0 Å². The minimum Gasteiger partial charge on any atom is -0.306 e. The number of benzene rings is 3. The number of rotatable bonds is 3. The maximum Gasteiger partial charge on any atom is 0.256 e. The molecule has 118 valence electrons. The molecule has 3 rings (SSSR count). The Balaban J connectivity index is 1.94. The minimum absolute atomic E-state index is 0.250. The van der Waals surface area contributed by atoms with Crippen LogP contribution in [-0.2, 0) is 0 Å². The highest BCUT2D eigenvalue weighted by Crippen LogP contribution is 2.14. The largest absolute Gasteiger partial charge is 0.306 e. The van der Waals surface area contributed by atoms with Crippen molar-refractivity contribution in [2.75, 3.05) is 0 Å². The molecule has 0 spiro atoms. The minimum atomic E-state index is -0.330. The van der Waals surface area contributed by atoms with E-state index in [9.17, 15) is 9.18 Å². The summed E-state index contributed by atoms with van der Waals surface area (Å²) in [6, 6.07) is 24.0. The highest BCUT2D eigenvalue weighted by Gasteiger charge is 2.10. The fourth-order valence-electron chi connectivity index (χ4n) is 2.17. The lowest BCUT2D eigenvalue weighted by molar-refractivity contribution is 0.0977. The number of hydrogen-bond acceptors (Lipinski definition) is 2. The molecule has 1 amide bonds. The van der Waals surface area contributed by atoms with Crippen LogP contribution in [0.15, 0.2) is 89.9 Å². The average Bonchev–Trinajstić information content (AvgIpc) is 2.64. The molecule has 0 saturated heterocycles. The van der Waals surface area contributed by atoms with Crippen molar-refractivity contribution in [3.8, 4) is 0 Å². The van der Waals surface area contributed by atoms with Crippen molar-refractivity contribution < 1.29 is 9.18 Å². The van der Waals surface area contributed by atoms with Crippen LogP contribution < -0.4 is 5.32 Å². The number of carbonyl (C=O) groups is 1. The summed E-state index contributed by atoms with van der Waals surface area (Å²) < 4.78 is 13.1. The number of nitrogens with one attached hydrogen (secondary N) is 1. The van der Waals surface area contributed by atoms with Gasteiger partial charge in [0, 0.05) is 11.1 Å². The van der Waals surface area contributed by atoms with E-state index in [1.165, 1.54) is 12.1 Å². The van der Waals surface area contributed by atoms with E-state index in [4.69, 9.17) is 0 Å². The Kier molecular flexibility index (Phi) is 4.77. The number of amidine groups is 1. The van der Waals surface area contributed by atoms with E-state index < -0.39 is 0 Å². The van der Waals surface area contributed by atoms with E-state index in [-0.39, 0.29) is 11.7 Å². The lowest BCUT2D eigenvalue weighted by Crippen LogP contribution is -2.31. The fraction of sp³-hybridized carbons (Fsp3) is 0. The summed E-state index contributed by atoms with van der Waals surface area (Å²) in [7, 11) is 0. The van der Waals surface area contributed by atoms with E-state index in [2.05, 4.69) is 10.3 Å². The second-order valence-corrected chi connectivity index (χ2v) is 5.12. The monoisotopic (exact) mass is 318 g/mol. The van der Waals surface area contributed by atoms with Gasteiger partial charge in [0.25, 0.3) is 5.91 Å². The standard InChI is InChI=1S/C20H15FN2O/c21-17-11-13-18(14-12-17)22-19(15-7-3-1-4-8-15)23-20(24)16-9-5-2-6-10-16/h1-14H,(H,22,23,24). The first-order valence-corrected chi connectivity index (χ1v) is 7.48. The SMILES string of the molecule is O=C(NC(=Nc1ccc(F)cc1)c1ccccc1)c1ccccc1. The molecule has 0 aliphatic rings. The molecule has 3 nitrogen and oxygen atoms in total. The van der Waals surface area contributed by atoms with Crippen LogP contribution in [0.1, 0.15) is 15.9 Å². The molecule has 0 aromatic heterocycles. The topological polar surface area (TPSA) is 41.5 Å². The number of amides is 1. The molecule has 0 aliphatic carbocycles. The fourth-order valence-corrected chi connectivity index (χ4v) is 2.17. The van der Waals surface area contributed by atoms with Gasteiger partial charge >= 0.3 is 0 Å². The van der Waals surface area contributed by atoms with E-state index in [0.717, 1.165) is 5.56 Å². The Bertz CT molecular complexity index is 844. The number of hydrogen-bond donors (Lipinski definition) is 1. The summed E-state index contributed by atoms with van der Waals surface area (Å²) in [6.45, 7) is 0. The van der Waals surface area contributed by atoms with E-state index in [0.29, 0.717) is 17.1 Å². The van der Waals surface area contributed by atoms with Crippen LogP contribution in [-0.4, -0.2) is 11.7 Å². The Morgan fingerprint density at radius 3 is 1.88 bits per heavy atom. The maximum absolute atomic E-state index is 13.1. The lowest BCUT2D eigenvalue weighted by Gasteiger charge is -2.09. The van der Waals surface area contributed by atoms with Gasteiger partial charge in [0.1, 0.15) is 11.7 Å². The number of halogens is 1. The van der Waals surface area contributed by atoms with Crippen molar-refractivity contribution in [2.45, 2.75) is 0 Å². The Morgan fingerprint density at radius 1 is 0.750 bits per heavy atom. The van der Waals surface area contributed by atoms with Crippen molar-refractivity contribution in [3.63, 3.8) is 0 Å². The number of aliphatic imine (C=N–C) groups is 1. The molecular formula is C20H15FN2O. The molecule has 4 heteroatoms. The van der Waals surface area contributed by atoms with Crippen molar-refractivity contribution >= 4 is 17.4 Å². The van der Waals surface area contributed by atoms with E-state index >= 15 is 0 Å². The molecule has 0 saturated carbocycles. The maximum atomic E-state index is 13.1. The normalized spacial score (nSPS) is 11.1. The first-order chi connectivity index (χ1) is 11.7. The molecule has 3 aromatic rings. The van der Waals surface area contributed by atoms with Crippen LogP contribution in [0.25, 0.3) is 0 Å². The molecule has 0 heterocycles. The first kappa shape index (κ1) is 15.6. The van der Waals surface area contributed by atoms with Crippen LogP contribution >= 0.6 is 0 Å². The predicted octanol–water partition coefficient (Wildman–Crippen LogP) is 4.33. The van der Waals surface area contributed by atoms with Crippen LogP contribution in [0.2, 0.25) is 0 Å². The van der Waals surface area contributed by atoms with Crippen LogP contribution in [0, 0.1) is 5.82 Å². The zero-order valence-electron chi connectivity index (χ0n) is 12.8. The van der Waals surface area contributed by atoms with Crippen LogP contribution in [0.4, 0.5) is 10.1 Å². The summed E-state index contributed by atoms with van der Waals surface area (Å²) in [4.78, 5) is 16.9. The molecule has 0 atom stereocenters. The van der Waals surface area contributed by atoms with Gasteiger partial charge in [0.2, 0.25) is 0 Å². The van der Waals surface area contributed by atoms with Crippen molar-refractivity contribution in [2.24, 2.45) is 4.99 Å². The predicted molar refractivity (Wildman–Crippen MR) is 92.9 cm³/mol. The van der Waals surface area contributed by atoms with Gasteiger partial charge in [0.15, 0.2) is 0 Å². The van der Waals surface area contributed by atoms with Gasteiger partial charge in [-0.3, -0.25) is 4.79 Å². The summed E-state index contributed by atoms with van der Waals surface area (Å²) in [5.41, 5.74) is 1.87. The summed E-state index contributed by atoms with van der Waals surface area (Å²) >= 11 is 0. The molecule has 24 heavy (non-hydrogen) atoms. The second-order valence-electron chi connectivity index (χ2n) is 5.12. The summed E-state index contributed by atoms with van der Waals surface area (Å²) in [5, 5.41) is 2.83. The Labute approximate surface area is 139 Å². The van der Waals surface area contributed by atoms with Gasteiger partial charge in [-0.2, -0.15) is 0 Å². The van der Waals surface area contributed by atoms with Crippen molar-refractivity contribution in [1.82, 2.24) is 5.32 Å². The zero-order chi connectivity index (χ0) is 16.8. The molecule has 0 aliphatic heterocycles. The zero-order valence-corrected chi connectivity index (χ0v) is 12.8. The van der Waals surface area contributed by atoms with Gasteiger partial charge in [-0.15, -0.1) is 0 Å². The number of nitrogens with zero attached hydrogens (tertiary/aromatic N) is 1.